The van der Waals surface area contributed by atoms with Gasteiger partial charge in [-0.05, 0) is 0 Å². The van der Waals surface area contributed by atoms with E-state index in [0.29, 0.717) is 33.1 Å². The zero-order valence-electron chi connectivity index (χ0n) is 36.4. The van der Waals surface area contributed by atoms with Crippen molar-refractivity contribution in [3.8, 4) is 0 Å². The van der Waals surface area contributed by atoms with Gasteiger partial charge in [0.2, 0.25) is 0 Å². The fourth-order valence-corrected chi connectivity index (χ4v) is 4.04. The molecule has 0 aromatic rings. The Morgan fingerprint density at radius 3 is 0.597 bits per heavy atom. The molecule has 3 atom stereocenters. The standard InChI is InChI=1S/3C7H15NO3.2C6H8O7.3Mg/c3*1-8(2,3)5-6(9)4-7(10)11;2*7-3(8)1-6(13,5(11)12)2-4(9)10;;;/h3*6,9H,4-5H2,1-3H3;2*13H,1-2H2,(H,7,8)(H,9,10)(H,11,12);;;/q;;;;;3*+2/p-6. The van der Waals surface area contributed by atoms with E-state index in [0.717, 1.165) is 0 Å². The SMILES string of the molecule is C[N+](C)(C)CC(O)CC(=O)[O-].C[N+](C)(C)CC(O)CC(=O)[O-].C[N+](C)(C)CC(O)CC(=O)[O-].O=C([O-])CC(O)(CC(=O)[O-])C(=O)[O-].O=C([O-])CC(O)(CC(=O)[O-])C(=O)[O-].[Mg+2].[Mg+2].[Mg+2]. The first kappa shape index (κ1) is 76.5. The van der Waals surface area contributed by atoms with Crippen molar-refractivity contribution >= 4 is 123 Å². The summed E-state index contributed by atoms with van der Waals surface area (Å²) in [6.45, 7) is 1.27. The molecule has 0 radical (unpaired) electrons. The third-order valence-electron chi connectivity index (χ3n) is 5.99. The van der Waals surface area contributed by atoms with Crippen LogP contribution in [0.25, 0.3) is 0 Å². The van der Waals surface area contributed by atoms with E-state index in [4.69, 9.17) is 25.5 Å². The molecule has 0 heterocycles. The van der Waals surface area contributed by atoms with Gasteiger partial charge in [-0.15, -0.1) is 0 Å². The number of quaternary nitrogens is 3. The van der Waals surface area contributed by atoms with Crippen LogP contribution < -0.4 is 46.0 Å². The predicted molar refractivity (Wildman–Crippen MR) is 191 cm³/mol. The molecule has 3 unspecified atom stereocenters. The summed E-state index contributed by atoms with van der Waals surface area (Å²) in [5.41, 5.74) is -5.95. The molecule has 346 valence electrons. The number of hydrogen-bond acceptors (Lipinski definition) is 23. The molecule has 0 amide bonds. The van der Waals surface area contributed by atoms with E-state index in [1.54, 1.807) is 0 Å². The Morgan fingerprint density at radius 1 is 0.371 bits per heavy atom. The smallest absolute Gasteiger partial charge is 0.550 e. The van der Waals surface area contributed by atoms with Crippen molar-refractivity contribution in [1.82, 2.24) is 0 Å². The zero-order valence-corrected chi connectivity index (χ0v) is 40.6. The van der Waals surface area contributed by atoms with Crippen LogP contribution in [0.1, 0.15) is 44.9 Å². The largest absolute Gasteiger partial charge is 2.00 e. The normalized spacial score (nSPS) is 12.3. The first-order valence-corrected chi connectivity index (χ1v) is 16.7. The van der Waals surface area contributed by atoms with Gasteiger partial charge in [0.15, 0.2) is 0 Å². The number of rotatable bonds is 22. The molecule has 29 heteroatoms. The zero-order chi connectivity index (χ0) is 48.5. The Morgan fingerprint density at radius 2 is 0.516 bits per heavy atom. The molecule has 5 N–H and O–H groups in total. The van der Waals surface area contributed by atoms with Crippen LogP contribution in [0.15, 0.2) is 0 Å². The van der Waals surface area contributed by atoms with Gasteiger partial charge in [-0.3, -0.25) is 0 Å². The first-order valence-electron chi connectivity index (χ1n) is 16.7. The van der Waals surface area contributed by atoms with Gasteiger partial charge in [0, 0.05) is 86.7 Å². The Kier molecular flexibility index (Phi) is 43.9. The minimum Gasteiger partial charge on any atom is -0.550 e. The average molecular weight is 935 g/mol. The predicted octanol–water partition coefficient (Wildman–Crippen LogP) is -17.1. The molecule has 26 nitrogen and oxygen atoms in total. The van der Waals surface area contributed by atoms with Crippen molar-refractivity contribution in [2.45, 2.75) is 74.5 Å². The maximum absolute atomic E-state index is 10.1. The fourth-order valence-electron chi connectivity index (χ4n) is 4.04. The number of hydrogen-bond donors (Lipinski definition) is 5. The van der Waals surface area contributed by atoms with Gasteiger partial charge in [-0.25, -0.2) is 0 Å². The molecule has 0 saturated carbocycles. The van der Waals surface area contributed by atoms with Crippen LogP contribution in [-0.2, 0) is 43.2 Å². The molecule has 0 aromatic carbocycles. The minimum atomic E-state index is -2.97. The molecule has 0 saturated heterocycles. The Bertz CT molecular complexity index is 1230. The van der Waals surface area contributed by atoms with E-state index in [9.17, 15) is 89.1 Å². The second-order valence-electron chi connectivity index (χ2n) is 15.9. The van der Waals surface area contributed by atoms with Crippen LogP contribution in [0.3, 0.4) is 0 Å². The number of carboxylic acids is 9. The van der Waals surface area contributed by atoms with Crippen LogP contribution in [-0.4, -0.2) is 274 Å². The van der Waals surface area contributed by atoms with Crippen molar-refractivity contribution in [2.24, 2.45) is 0 Å². The van der Waals surface area contributed by atoms with Gasteiger partial charge in [-0.2, -0.15) is 0 Å². The molecule has 62 heavy (non-hydrogen) atoms. The van der Waals surface area contributed by atoms with Crippen LogP contribution in [0.5, 0.6) is 0 Å². The summed E-state index contributed by atoms with van der Waals surface area (Å²) in [7, 11) is 17.0. The topological polar surface area (TPSA) is 462 Å². The summed E-state index contributed by atoms with van der Waals surface area (Å²) in [4.78, 5) is 90.1. The van der Waals surface area contributed by atoms with Crippen molar-refractivity contribution < 1.29 is 128 Å². The average Bonchev–Trinajstić information content (AvgIpc) is 2.87. The summed E-state index contributed by atoms with van der Waals surface area (Å²) in [6.07, 6.45) is -8.69. The van der Waals surface area contributed by atoms with E-state index in [1.165, 1.54) is 0 Å². The van der Waals surface area contributed by atoms with Crippen LogP contribution >= 0.6 is 0 Å². The van der Waals surface area contributed by atoms with Gasteiger partial charge >= 0.3 is 69.2 Å². The maximum atomic E-state index is 10.1. The fraction of sp³-hybridized carbons (Fsp3) is 0.727. The summed E-state index contributed by atoms with van der Waals surface area (Å²) < 4.78 is 1.65. The molecule has 0 fully saturated rings. The first-order chi connectivity index (χ1) is 26.0. The Balaban J connectivity index is -0.0000000970. The third kappa shape index (κ3) is 57.2. The minimum absolute atomic E-state index is 0. The molecule has 0 rings (SSSR count). The van der Waals surface area contributed by atoms with Gasteiger partial charge in [0.05, 0.1) is 75.4 Å². The van der Waals surface area contributed by atoms with E-state index < -0.39 is 109 Å². The number of likely N-dealkylation sites (N-methyl/N-ethyl adjacent to an activating group) is 3. The molecule has 0 aromatic heterocycles. The number of aliphatic hydroxyl groups excluding tert-OH is 3. The molecular weight excluding hydrogens is 879 g/mol. The van der Waals surface area contributed by atoms with Gasteiger partial charge < -0.3 is 128 Å². The van der Waals surface area contributed by atoms with E-state index in [2.05, 4.69) is 0 Å². The molecular formula is C33H55Mg3N3O23. The summed E-state index contributed by atoms with van der Waals surface area (Å²) in [5.74, 6) is -15.6. The quantitative estimate of drug-likeness (QED) is 0.0497. The summed E-state index contributed by atoms with van der Waals surface area (Å²) in [6, 6.07) is 0. The van der Waals surface area contributed by atoms with Gasteiger partial charge in [0.1, 0.15) is 49.1 Å². The number of aliphatic hydroxyl groups is 5. The number of carbonyl (C=O) groups is 9. The van der Waals surface area contributed by atoms with Crippen molar-refractivity contribution in [2.75, 3.05) is 83.1 Å². The van der Waals surface area contributed by atoms with Crippen LogP contribution in [0.2, 0.25) is 0 Å². The van der Waals surface area contributed by atoms with Crippen LogP contribution in [0, 0.1) is 0 Å². The van der Waals surface area contributed by atoms with E-state index >= 15 is 0 Å². The molecule has 0 aliphatic rings. The van der Waals surface area contributed by atoms with E-state index in [-0.39, 0.29) is 88.4 Å². The summed E-state index contributed by atoms with van der Waals surface area (Å²) >= 11 is 0. The molecule has 0 aliphatic heterocycles. The third-order valence-corrected chi connectivity index (χ3v) is 5.99. The van der Waals surface area contributed by atoms with Gasteiger partial charge in [0.25, 0.3) is 0 Å². The number of aliphatic carboxylic acids is 9. The van der Waals surface area contributed by atoms with Gasteiger partial charge in [-0.1, -0.05) is 0 Å². The van der Waals surface area contributed by atoms with Crippen LogP contribution in [0.4, 0.5) is 0 Å². The van der Waals surface area contributed by atoms with Crippen molar-refractivity contribution in [1.29, 1.82) is 0 Å². The number of carboxylic acid groups (broad SMARTS) is 9. The summed E-state index contributed by atoms with van der Waals surface area (Å²) in [5, 5.41) is 135. The van der Waals surface area contributed by atoms with Crippen molar-refractivity contribution in [3.63, 3.8) is 0 Å². The Hall–Kier alpha value is -2.79. The molecule has 0 spiro atoms. The number of carbonyl (C=O) groups excluding carboxylic acids is 9. The second kappa shape index (κ2) is 35.5. The molecule has 0 bridgehead atoms. The van der Waals surface area contributed by atoms with Crippen molar-refractivity contribution in [3.05, 3.63) is 0 Å². The number of nitrogens with zero attached hydrogens (tertiary/aromatic N) is 3. The Labute approximate surface area is 406 Å². The maximum Gasteiger partial charge on any atom is 2.00 e. The second-order valence-corrected chi connectivity index (χ2v) is 15.9. The monoisotopic (exact) mass is 933 g/mol. The van der Waals surface area contributed by atoms with E-state index in [1.807, 2.05) is 63.4 Å². The molecule has 0 aliphatic carbocycles.